The quantitative estimate of drug-likeness (QED) is 0.559. The van der Waals surface area contributed by atoms with Gasteiger partial charge in [-0.15, -0.1) is 0 Å². The van der Waals surface area contributed by atoms with Gasteiger partial charge in [0, 0.05) is 32.0 Å². The van der Waals surface area contributed by atoms with E-state index < -0.39 is 0 Å². The summed E-state index contributed by atoms with van der Waals surface area (Å²) < 4.78 is 5.20. The fourth-order valence-corrected chi connectivity index (χ4v) is 3.54. The predicted octanol–water partition coefficient (Wildman–Crippen LogP) is 2.31. The molecule has 1 aliphatic heterocycles. The van der Waals surface area contributed by atoms with Crippen molar-refractivity contribution in [2.24, 2.45) is 0 Å². The van der Waals surface area contributed by atoms with Crippen molar-refractivity contribution in [1.82, 2.24) is 20.2 Å². The molecule has 1 aromatic heterocycles. The van der Waals surface area contributed by atoms with Crippen molar-refractivity contribution < 1.29 is 19.1 Å². The van der Waals surface area contributed by atoms with Crippen LogP contribution in [0.5, 0.6) is 5.75 Å². The standard InChI is InChI=1S/C22H22N4O4/c1-30-14-8-9-17-18(13-14)25-19(24-17)10-11-23-20(27)7-4-12-26-21(28)15-5-2-3-6-16(15)22(26)29/h2-3,5-6,8-9,13H,4,7,10-12H2,1H3,(H,23,27)(H,24,25). The molecule has 154 valence electrons. The molecule has 1 aliphatic rings. The zero-order valence-electron chi connectivity index (χ0n) is 16.6. The molecule has 3 amide bonds. The molecule has 8 nitrogen and oxygen atoms in total. The molecule has 4 rings (SSSR count). The summed E-state index contributed by atoms with van der Waals surface area (Å²) in [7, 11) is 1.61. The van der Waals surface area contributed by atoms with Crippen LogP contribution in [0.2, 0.25) is 0 Å². The molecule has 0 spiro atoms. The molecule has 0 atom stereocenters. The van der Waals surface area contributed by atoms with Gasteiger partial charge in [0.2, 0.25) is 5.91 Å². The van der Waals surface area contributed by atoms with Crippen molar-refractivity contribution in [3.8, 4) is 5.75 Å². The van der Waals surface area contributed by atoms with E-state index in [1.807, 2.05) is 18.2 Å². The smallest absolute Gasteiger partial charge is 0.261 e. The molecule has 0 saturated heterocycles. The van der Waals surface area contributed by atoms with Gasteiger partial charge in [0.1, 0.15) is 11.6 Å². The van der Waals surface area contributed by atoms with Gasteiger partial charge < -0.3 is 15.0 Å². The normalized spacial score (nSPS) is 13.0. The molecule has 0 unspecified atom stereocenters. The third-order valence-corrected chi connectivity index (χ3v) is 5.09. The number of hydrogen-bond acceptors (Lipinski definition) is 5. The molecule has 2 heterocycles. The lowest BCUT2D eigenvalue weighted by Crippen LogP contribution is -2.32. The monoisotopic (exact) mass is 406 g/mol. The van der Waals surface area contributed by atoms with E-state index in [0.29, 0.717) is 30.5 Å². The average molecular weight is 406 g/mol. The van der Waals surface area contributed by atoms with E-state index in [0.717, 1.165) is 22.6 Å². The predicted molar refractivity (Wildman–Crippen MR) is 110 cm³/mol. The zero-order chi connectivity index (χ0) is 21.1. The third-order valence-electron chi connectivity index (χ3n) is 5.09. The average Bonchev–Trinajstić information content (AvgIpc) is 3.27. The molecule has 2 aromatic carbocycles. The number of carbonyl (C=O) groups is 3. The summed E-state index contributed by atoms with van der Waals surface area (Å²) in [6, 6.07) is 12.4. The minimum atomic E-state index is -0.294. The zero-order valence-corrected chi connectivity index (χ0v) is 16.6. The van der Waals surface area contributed by atoms with Gasteiger partial charge in [-0.05, 0) is 30.7 Å². The maximum Gasteiger partial charge on any atom is 0.261 e. The summed E-state index contributed by atoms with van der Waals surface area (Å²) in [6.07, 6.45) is 1.23. The van der Waals surface area contributed by atoms with Crippen LogP contribution >= 0.6 is 0 Å². The second-order valence-electron chi connectivity index (χ2n) is 7.08. The maximum atomic E-state index is 12.3. The fraction of sp³-hybridized carbons (Fsp3) is 0.273. The number of nitrogens with zero attached hydrogens (tertiary/aromatic N) is 2. The first kappa shape index (κ1) is 19.6. The van der Waals surface area contributed by atoms with E-state index >= 15 is 0 Å². The van der Waals surface area contributed by atoms with Crippen LogP contribution in [-0.4, -0.2) is 52.8 Å². The Morgan fingerprint density at radius 2 is 1.87 bits per heavy atom. The summed E-state index contributed by atoms with van der Waals surface area (Å²) in [5.41, 5.74) is 2.58. The number of carbonyl (C=O) groups excluding carboxylic acids is 3. The lowest BCUT2D eigenvalue weighted by molar-refractivity contribution is -0.121. The topological polar surface area (TPSA) is 104 Å². The number of rotatable bonds is 8. The first-order chi connectivity index (χ1) is 14.6. The van der Waals surface area contributed by atoms with E-state index in [-0.39, 0.29) is 30.7 Å². The lowest BCUT2D eigenvalue weighted by atomic mass is 10.1. The summed E-state index contributed by atoms with van der Waals surface area (Å²) in [5.74, 6) is 0.827. The van der Waals surface area contributed by atoms with Crippen molar-refractivity contribution in [1.29, 1.82) is 0 Å². The van der Waals surface area contributed by atoms with Crippen molar-refractivity contribution in [3.05, 3.63) is 59.4 Å². The van der Waals surface area contributed by atoms with Gasteiger partial charge in [-0.3, -0.25) is 19.3 Å². The Bertz CT molecular complexity index is 1090. The largest absolute Gasteiger partial charge is 0.497 e. The van der Waals surface area contributed by atoms with Gasteiger partial charge in [0.05, 0.1) is 29.3 Å². The molecule has 3 aromatic rings. The van der Waals surface area contributed by atoms with Crippen LogP contribution in [0.15, 0.2) is 42.5 Å². The molecule has 0 bridgehead atoms. The van der Waals surface area contributed by atoms with Gasteiger partial charge in [0.15, 0.2) is 0 Å². The molecular formula is C22H22N4O4. The summed E-state index contributed by atoms with van der Waals surface area (Å²) in [6.45, 7) is 0.675. The van der Waals surface area contributed by atoms with Crippen LogP contribution in [0.4, 0.5) is 0 Å². The number of amides is 3. The Hall–Kier alpha value is -3.68. The Morgan fingerprint density at radius 1 is 1.13 bits per heavy atom. The Labute approximate surface area is 173 Å². The lowest BCUT2D eigenvalue weighted by Gasteiger charge is -2.13. The minimum Gasteiger partial charge on any atom is -0.497 e. The SMILES string of the molecule is COc1ccc2nc(CCNC(=O)CCCN3C(=O)c4ccccc4C3=O)[nH]c2c1. The second-order valence-corrected chi connectivity index (χ2v) is 7.08. The first-order valence-corrected chi connectivity index (χ1v) is 9.81. The number of benzene rings is 2. The number of methoxy groups -OCH3 is 1. The molecule has 8 heteroatoms. The van der Waals surface area contributed by atoms with Gasteiger partial charge in [-0.1, -0.05) is 12.1 Å². The number of fused-ring (bicyclic) bond motifs is 2. The summed E-state index contributed by atoms with van der Waals surface area (Å²) >= 11 is 0. The number of hydrogen-bond donors (Lipinski definition) is 2. The molecule has 2 N–H and O–H groups in total. The number of ether oxygens (including phenoxy) is 1. The first-order valence-electron chi connectivity index (χ1n) is 9.81. The van der Waals surface area contributed by atoms with Crippen molar-refractivity contribution >= 4 is 28.8 Å². The van der Waals surface area contributed by atoms with E-state index in [2.05, 4.69) is 15.3 Å². The number of imidazole rings is 1. The number of H-pyrrole nitrogens is 1. The maximum absolute atomic E-state index is 12.3. The van der Waals surface area contributed by atoms with Crippen LogP contribution in [0.25, 0.3) is 11.0 Å². The van der Waals surface area contributed by atoms with Crippen molar-refractivity contribution in [2.75, 3.05) is 20.2 Å². The summed E-state index contributed by atoms with van der Waals surface area (Å²) in [5, 5.41) is 2.85. The van der Waals surface area contributed by atoms with E-state index in [1.54, 1.807) is 31.4 Å². The Kier molecular flexibility index (Phi) is 5.47. The van der Waals surface area contributed by atoms with Gasteiger partial charge >= 0.3 is 0 Å². The Balaban J connectivity index is 1.21. The van der Waals surface area contributed by atoms with Crippen LogP contribution in [0.3, 0.4) is 0 Å². The number of aromatic amines is 1. The van der Waals surface area contributed by atoms with Crippen LogP contribution < -0.4 is 10.1 Å². The number of imide groups is 1. The second kappa shape index (κ2) is 8.36. The Morgan fingerprint density at radius 3 is 2.57 bits per heavy atom. The highest BCUT2D eigenvalue weighted by Crippen LogP contribution is 2.22. The van der Waals surface area contributed by atoms with Crippen LogP contribution in [-0.2, 0) is 11.2 Å². The van der Waals surface area contributed by atoms with E-state index in [1.165, 1.54) is 4.90 Å². The van der Waals surface area contributed by atoms with Gasteiger partial charge in [0.25, 0.3) is 11.8 Å². The molecule has 0 saturated carbocycles. The highest BCUT2D eigenvalue weighted by molar-refractivity contribution is 6.21. The van der Waals surface area contributed by atoms with Gasteiger partial charge in [-0.2, -0.15) is 0 Å². The summed E-state index contributed by atoms with van der Waals surface area (Å²) in [4.78, 5) is 45.6. The van der Waals surface area contributed by atoms with Crippen molar-refractivity contribution in [2.45, 2.75) is 19.3 Å². The molecule has 0 fully saturated rings. The molecule has 0 radical (unpaired) electrons. The highest BCUT2D eigenvalue weighted by Gasteiger charge is 2.34. The molecular weight excluding hydrogens is 384 g/mol. The van der Waals surface area contributed by atoms with E-state index in [4.69, 9.17) is 4.74 Å². The minimum absolute atomic E-state index is 0.121. The van der Waals surface area contributed by atoms with Crippen molar-refractivity contribution in [3.63, 3.8) is 0 Å². The van der Waals surface area contributed by atoms with E-state index in [9.17, 15) is 14.4 Å². The van der Waals surface area contributed by atoms with Crippen LogP contribution in [0.1, 0.15) is 39.4 Å². The number of aromatic nitrogens is 2. The highest BCUT2D eigenvalue weighted by atomic mass is 16.5. The van der Waals surface area contributed by atoms with Gasteiger partial charge in [-0.25, -0.2) is 4.98 Å². The third kappa shape index (κ3) is 3.89. The molecule has 30 heavy (non-hydrogen) atoms. The number of nitrogens with one attached hydrogen (secondary N) is 2. The molecule has 0 aliphatic carbocycles. The van der Waals surface area contributed by atoms with Crippen LogP contribution in [0, 0.1) is 0 Å². The fourth-order valence-electron chi connectivity index (χ4n) is 3.54.